The first-order valence-electron chi connectivity index (χ1n) is 9.67. The summed E-state index contributed by atoms with van der Waals surface area (Å²) in [4.78, 5) is 19.4. The van der Waals surface area contributed by atoms with Crippen molar-refractivity contribution in [1.29, 1.82) is 0 Å². The molecule has 4 aromatic rings. The summed E-state index contributed by atoms with van der Waals surface area (Å²) in [5.74, 6) is 1.80. The molecule has 0 radical (unpaired) electrons. The largest absolute Gasteiger partial charge is 0.490 e. The highest BCUT2D eigenvalue weighted by Crippen LogP contribution is 2.30. The molecule has 0 saturated carbocycles. The number of ether oxygens (including phenoxy) is 2. The van der Waals surface area contributed by atoms with Crippen LogP contribution in [0.15, 0.2) is 59.5 Å². The summed E-state index contributed by atoms with van der Waals surface area (Å²) >= 11 is 0. The fraction of sp³-hybridized carbons (Fsp3) is 0.174. The molecule has 0 aliphatic rings. The predicted octanol–water partition coefficient (Wildman–Crippen LogP) is 3.80. The van der Waals surface area contributed by atoms with E-state index in [0.717, 1.165) is 11.1 Å². The van der Waals surface area contributed by atoms with Crippen LogP contribution in [-0.2, 0) is 13.7 Å². The van der Waals surface area contributed by atoms with Crippen LogP contribution in [0, 0.1) is 0 Å². The lowest BCUT2D eigenvalue weighted by Gasteiger charge is -2.12. The van der Waals surface area contributed by atoms with Gasteiger partial charge in [-0.1, -0.05) is 42.5 Å². The molecule has 7 nitrogen and oxygen atoms in total. The SMILES string of the molecule is CCOc1cc(/C=C/c2nc3c(cnn3C)c(=O)[nH]2)ccc1OCc1ccccc1. The first kappa shape index (κ1) is 19.4. The van der Waals surface area contributed by atoms with Crippen LogP contribution in [0.4, 0.5) is 0 Å². The first-order valence-corrected chi connectivity index (χ1v) is 9.67. The lowest BCUT2D eigenvalue weighted by atomic mass is 10.2. The van der Waals surface area contributed by atoms with Crippen molar-refractivity contribution in [3.8, 4) is 11.5 Å². The molecule has 152 valence electrons. The fourth-order valence-electron chi connectivity index (χ4n) is 3.05. The molecule has 0 unspecified atom stereocenters. The molecule has 4 rings (SSSR count). The maximum atomic E-state index is 12.2. The molecule has 2 heterocycles. The lowest BCUT2D eigenvalue weighted by Crippen LogP contribution is -2.09. The maximum absolute atomic E-state index is 12.2. The lowest BCUT2D eigenvalue weighted by molar-refractivity contribution is 0.269. The molecular weight excluding hydrogens is 380 g/mol. The zero-order chi connectivity index (χ0) is 20.9. The van der Waals surface area contributed by atoms with E-state index in [4.69, 9.17) is 9.47 Å². The maximum Gasteiger partial charge on any atom is 0.262 e. The molecule has 7 heteroatoms. The van der Waals surface area contributed by atoms with Crippen LogP contribution < -0.4 is 15.0 Å². The quantitative estimate of drug-likeness (QED) is 0.508. The number of hydrogen-bond acceptors (Lipinski definition) is 5. The molecule has 2 aromatic carbocycles. The number of aromatic amines is 1. The molecule has 0 atom stereocenters. The van der Waals surface area contributed by atoms with E-state index in [1.165, 1.54) is 6.20 Å². The van der Waals surface area contributed by atoms with Crippen LogP contribution in [0.1, 0.15) is 23.9 Å². The predicted molar refractivity (Wildman–Crippen MR) is 116 cm³/mol. The van der Waals surface area contributed by atoms with Gasteiger partial charge < -0.3 is 14.5 Å². The second kappa shape index (κ2) is 8.65. The van der Waals surface area contributed by atoms with E-state index in [1.807, 2.05) is 61.5 Å². The summed E-state index contributed by atoms with van der Waals surface area (Å²) in [7, 11) is 1.75. The zero-order valence-electron chi connectivity index (χ0n) is 16.8. The van der Waals surface area contributed by atoms with Gasteiger partial charge in [-0.25, -0.2) is 4.98 Å². The summed E-state index contributed by atoms with van der Waals surface area (Å²) in [5, 5.41) is 4.54. The Balaban J connectivity index is 1.56. The van der Waals surface area contributed by atoms with E-state index in [2.05, 4.69) is 15.1 Å². The summed E-state index contributed by atoms with van der Waals surface area (Å²) in [6, 6.07) is 15.7. The Kier molecular flexibility index (Phi) is 5.61. The van der Waals surface area contributed by atoms with Gasteiger partial charge in [0.2, 0.25) is 0 Å². The minimum Gasteiger partial charge on any atom is -0.490 e. The third kappa shape index (κ3) is 4.25. The van der Waals surface area contributed by atoms with E-state index < -0.39 is 0 Å². The molecule has 0 bridgehead atoms. The van der Waals surface area contributed by atoms with Crippen LogP contribution in [0.25, 0.3) is 23.2 Å². The minimum atomic E-state index is -0.215. The smallest absolute Gasteiger partial charge is 0.262 e. The van der Waals surface area contributed by atoms with E-state index >= 15 is 0 Å². The monoisotopic (exact) mass is 402 g/mol. The molecule has 0 amide bonds. The van der Waals surface area contributed by atoms with Gasteiger partial charge in [-0.3, -0.25) is 9.48 Å². The third-order valence-corrected chi connectivity index (χ3v) is 4.56. The van der Waals surface area contributed by atoms with Gasteiger partial charge in [0.25, 0.3) is 5.56 Å². The number of nitrogens with one attached hydrogen (secondary N) is 1. The Morgan fingerprint density at radius 3 is 2.70 bits per heavy atom. The van der Waals surface area contributed by atoms with Crippen LogP contribution >= 0.6 is 0 Å². The number of aryl methyl sites for hydroxylation is 1. The Hall–Kier alpha value is -3.87. The second-order valence-corrected chi connectivity index (χ2v) is 6.70. The van der Waals surface area contributed by atoms with Gasteiger partial charge in [-0.05, 0) is 36.3 Å². The third-order valence-electron chi connectivity index (χ3n) is 4.56. The molecule has 0 spiro atoms. The molecular formula is C23H22N4O3. The van der Waals surface area contributed by atoms with Gasteiger partial charge in [-0.15, -0.1) is 0 Å². The second-order valence-electron chi connectivity index (χ2n) is 6.70. The van der Waals surface area contributed by atoms with E-state index in [9.17, 15) is 4.79 Å². The Morgan fingerprint density at radius 2 is 1.90 bits per heavy atom. The number of hydrogen-bond donors (Lipinski definition) is 1. The first-order chi connectivity index (χ1) is 14.6. The molecule has 0 aliphatic heterocycles. The molecule has 0 fully saturated rings. The highest BCUT2D eigenvalue weighted by atomic mass is 16.5. The van der Waals surface area contributed by atoms with E-state index in [0.29, 0.717) is 41.6 Å². The topological polar surface area (TPSA) is 82.0 Å². The summed E-state index contributed by atoms with van der Waals surface area (Å²) in [6.45, 7) is 2.92. The molecule has 1 N–H and O–H groups in total. The van der Waals surface area contributed by atoms with Gasteiger partial charge in [0.1, 0.15) is 17.8 Å². The number of H-pyrrole nitrogens is 1. The van der Waals surface area contributed by atoms with E-state index in [1.54, 1.807) is 17.8 Å². The van der Waals surface area contributed by atoms with Gasteiger partial charge in [0.05, 0.1) is 12.8 Å². The van der Waals surface area contributed by atoms with Crippen molar-refractivity contribution >= 4 is 23.2 Å². The number of nitrogens with zero attached hydrogens (tertiary/aromatic N) is 3. The summed E-state index contributed by atoms with van der Waals surface area (Å²) < 4.78 is 13.3. The molecule has 0 saturated heterocycles. The van der Waals surface area contributed by atoms with Crippen molar-refractivity contribution in [2.75, 3.05) is 6.61 Å². The zero-order valence-corrected chi connectivity index (χ0v) is 16.8. The van der Waals surface area contributed by atoms with Crippen molar-refractivity contribution in [1.82, 2.24) is 19.7 Å². The number of benzene rings is 2. The Bertz CT molecular complexity index is 1240. The fourth-order valence-corrected chi connectivity index (χ4v) is 3.05. The summed E-state index contributed by atoms with van der Waals surface area (Å²) in [6.07, 6.45) is 5.13. The molecule has 0 aliphatic carbocycles. The van der Waals surface area contributed by atoms with Crippen molar-refractivity contribution in [3.63, 3.8) is 0 Å². The van der Waals surface area contributed by atoms with Gasteiger partial charge in [-0.2, -0.15) is 5.10 Å². The van der Waals surface area contributed by atoms with Crippen LogP contribution in [0.3, 0.4) is 0 Å². The van der Waals surface area contributed by atoms with Crippen molar-refractivity contribution in [3.05, 3.63) is 82.0 Å². The van der Waals surface area contributed by atoms with Gasteiger partial charge in [0, 0.05) is 7.05 Å². The van der Waals surface area contributed by atoms with Crippen molar-refractivity contribution < 1.29 is 9.47 Å². The van der Waals surface area contributed by atoms with Crippen molar-refractivity contribution in [2.45, 2.75) is 13.5 Å². The molecule has 2 aromatic heterocycles. The van der Waals surface area contributed by atoms with Gasteiger partial charge >= 0.3 is 0 Å². The van der Waals surface area contributed by atoms with Gasteiger partial charge in [0.15, 0.2) is 17.1 Å². The van der Waals surface area contributed by atoms with Crippen LogP contribution in [0.2, 0.25) is 0 Å². The normalized spacial score (nSPS) is 11.3. The Labute approximate surface area is 173 Å². The van der Waals surface area contributed by atoms with Crippen LogP contribution in [-0.4, -0.2) is 26.4 Å². The van der Waals surface area contributed by atoms with Crippen molar-refractivity contribution in [2.24, 2.45) is 7.05 Å². The standard InChI is InChI=1S/C23H22N4O3/c1-3-29-20-13-16(9-11-19(20)30-15-17-7-5-4-6-8-17)10-12-21-25-22-18(23(28)26-21)14-24-27(22)2/h4-14H,3,15H2,1-2H3,(H,25,26,28)/b12-10+. The highest BCUT2D eigenvalue weighted by Gasteiger charge is 2.08. The van der Waals surface area contributed by atoms with E-state index in [-0.39, 0.29) is 5.56 Å². The molecule has 30 heavy (non-hydrogen) atoms. The average Bonchev–Trinajstić information content (AvgIpc) is 3.14. The highest BCUT2D eigenvalue weighted by molar-refractivity contribution is 5.75. The number of aromatic nitrogens is 4. The number of rotatable bonds is 7. The van der Waals surface area contributed by atoms with Crippen LogP contribution in [0.5, 0.6) is 11.5 Å². The number of fused-ring (bicyclic) bond motifs is 1. The minimum absolute atomic E-state index is 0.215. The Morgan fingerprint density at radius 1 is 1.07 bits per heavy atom. The average molecular weight is 402 g/mol. The summed E-state index contributed by atoms with van der Waals surface area (Å²) in [5.41, 5.74) is 2.31.